The highest BCUT2D eigenvalue weighted by Gasteiger charge is 2.21. The summed E-state index contributed by atoms with van der Waals surface area (Å²) in [6, 6.07) is 58.4. The van der Waals surface area contributed by atoms with Crippen molar-refractivity contribution in [1.82, 2.24) is 4.98 Å². The van der Waals surface area contributed by atoms with Crippen molar-refractivity contribution in [3.05, 3.63) is 170 Å². The molecular weight excluding hydrogens is 576 g/mol. The predicted molar refractivity (Wildman–Crippen MR) is 192 cm³/mol. The van der Waals surface area contributed by atoms with E-state index in [2.05, 4.69) is 114 Å². The molecule has 0 spiro atoms. The van der Waals surface area contributed by atoms with Gasteiger partial charge in [-0.3, -0.25) is 0 Å². The van der Waals surface area contributed by atoms with Gasteiger partial charge in [-0.25, -0.2) is 4.98 Å². The molecule has 0 saturated carbocycles. The Labute approximate surface area is 271 Å². The lowest BCUT2D eigenvalue weighted by atomic mass is 9.98. The van der Waals surface area contributed by atoms with E-state index in [1.807, 2.05) is 60.7 Å². The Morgan fingerprint density at radius 2 is 1.02 bits per heavy atom. The Morgan fingerprint density at radius 3 is 1.79 bits per heavy atom. The molecule has 9 rings (SSSR count). The molecule has 2 aromatic heterocycles. The molecule has 4 nitrogen and oxygen atoms in total. The number of rotatable bonds is 6. The Hall–Kier alpha value is -6.39. The van der Waals surface area contributed by atoms with E-state index in [-0.39, 0.29) is 0 Å². The van der Waals surface area contributed by atoms with Crippen LogP contribution in [0.5, 0.6) is 0 Å². The van der Waals surface area contributed by atoms with Gasteiger partial charge in [0, 0.05) is 33.5 Å². The minimum absolute atomic E-state index is 0.609. The van der Waals surface area contributed by atoms with Crippen molar-refractivity contribution < 1.29 is 8.83 Å². The molecule has 4 heteroatoms. The maximum atomic E-state index is 6.57. The van der Waals surface area contributed by atoms with Crippen LogP contribution < -0.4 is 4.90 Å². The topological polar surface area (TPSA) is 42.4 Å². The zero-order chi connectivity index (χ0) is 31.2. The van der Waals surface area contributed by atoms with E-state index in [0.29, 0.717) is 5.89 Å². The van der Waals surface area contributed by atoms with Crippen molar-refractivity contribution in [1.29, 1.82) is 0 Å². The molecule has 0 aliphatic carbocycles. The molecule has 0 bridgehead atoms. The van der Waals surface area contributed by atoms with Crippen LogP contribution in [0.25, 0.3) is 66.7 Å². The van der Waals surface area contributed by atoms with Crippen LogP contribution in [-0.2, 0) is 0 Å². The zero-order valence-corrected chi connectivity index (χ0v) is 25.4. The van der Waals surface area contributed by atoms with E-state index in [1.54, 1.807) is 0 Å². The van der Waals surface area contributed by atoms with Gasteiger partial charge >= 0.3 is 0 Å². The molecule has 0 aliphatic heterocycles. The lowest BCUT2D eigenvalue weighted by molar-refractivity contribution is 0.621. The number of benzene rings is 7. The minimum Gasteiger partial charge on any atom is -0.456 e. The molecule has 0 unspecified atom stereocenters. The first kappa shape index (κ1) is 27.0. The van der Waals surface area contributed by atoms with Crippen LogP contribution >= 0.6 is 0 Å². The van der Waals surface area contributed by atoms with Crippen molar-refractivity contribution in [3.8, 4) is 33.7 Å². The summed E-state index contributed by atoms with van der Waals surface area (Å²) >= 11 is 0. The highest BCUT2D eigenvalue weighted by molar-refractivity contribution is 6.13. The van der Waals surface area contributed by atoms with Crippen molar-refractivity contribution in [2.45, 2.75) is 0 Å². The van der Waals surface area contributed by atoms with E-state index in [0.717, 1.165) is 77.9 Å². The summed E-state index contributed by atoms with van der Waals surface area (Å²) in [4.78, 5) is 7.33. The van der Waals surface area contributed by atoms with Crippen molar-refractivity contribution in [2.75, 3.05) is 4.90 Å². The van der Waals surface area contributed by atoms with Gasteiger partial charge in [-0.2, -0.15) is 0 Å². The predicted octanol–water partition coefficient (Wildman–Crippen LogP) is 12.2. The number of para-hydroxylation sites is 2. The smallest absolute Gasteiger partial charge is 0.227 e. The summed E-state index contributed by atoms with van der Waals surface area (Å²) < 4.78 is 12.8. The molecule has 0 radical (unpaired) electrons. The summed E-state index contributed by atoms with van der Waals surface area (Å²) in [5.74, 6) is 0.609. The molecule has 0 saturated heterocycles. The van der Waals surface area contributed by atoms with Gasteiger partial charge < -0.3 is 13.7 Å². The van der Waals surface area contributed by atoms with Gasteiger partial charge in [0.25, 0.3) is 0 Å². The van der Waals surface area contributed by atoms with E-state index < -0.39 is 0 Å². The van der Waals surface area contributed by atoms with Crippen LogP contribution in [0.3, 0.4) is 0 Å². The number of anilines is 3. The van der Waals surface area contributed by atoms with Crippen LogP contribution in [0.15, 0.2) is 179 Å². The molecular formula is C43H28N2O2. The fourth-order valence-corrected chi connectivity index (χ4v) is 6.53. The first-order valence-corrected chi connectivity index (χ1v) is 15.7. The van der Waals surface area contributed by atoms with Crippen molar-refractivity contribution >= 4 is 50.1 Å². The van der Waals surface area contributed by atoms with Crippen LogP contribution in [0.2, 0.25) is 0 Å². The maximum absolute atomic E-state index is 6.57. The molecule has 7 aromatic carbocycles. The highest BCUT2D eigenvalue weighted by atomic mass is 16.3. The molecule has 47 heavy (non-hydrogen) atoms. The van der Waals surface area contributed by atoms with Gasteiger partial charge in [-0.1, -0.05) is 109 Å². The van der Waals surface area contributed by atoms with E-state index in [9.17, 15) is 0 Å². The monoisotopic (exact) mass is 604 g/mol. The molecule has 0 fully saturated rings. The minimum atomic E-state index is 0.609. The standard InChI is InChI=1S/C43H28N2O2/c1-4-13-29(14-5-1)34-27-28-35(42-41(34)44-43(47-42)31-15-6-2-7-16-31)30-23-25-33(26-24-30)45(32-17-8-3-9-18-32)37-20-12-22-39-40(37)36-19-10-11-21-38(36)46-39/h1-28H. The number of aromatic nitrogens is 1. The van der Waals surface area contributed by atoms with Crippen molar-refractivity contribution in [3.63, 3.8) is 0 Å². The summed E-state index contributed by atoms with van der Waals surface area (Å²) in [5, 5.41) is 2.18. The Bertz CT molecular complexity index is 2500. The summed E-state index contributed by atoms with van der Waals surface area (Å²) in [6.07, 6.45) is 0. The zero-order valence-electron chi connectivity index (χ0n) is 25.4. The molecule has 2 heterocycles. The highest BCUT2D eigenvalue weighted by Crippen LogP contribution is 2.44. The Balaban J connectivity index is 1.20. The fraction of sp³-hybridized carbons (Fsp3) is 0. The largest absolute Gasteiger partial charge is 0.456 e. The summed E-state index contributed by atoms with van der Waals surface area (Å²) in [7, 11) is 0. The molecule has 0 amide bonds. The average molecular weight is 605 g/mol. The number of furan rings is 1. The van der Waals surface area contributed by atoms with Crippen LogP contribution in [0.4, 0.5) is 17.1 Å². The second kappa shape index (κ2) is 11.2. The average Bonchev–Trinajstić information content (AvgIpc) is 3.76. The van der Waals surface area contributed by atoms with Gasteiger partial charge in [0.2, 0.25) is 5.89 Å². The van der Waals surface area contributed by atoms with Gasteiger partial charge in [-0.15, -0.1) is 0 Å². The fourth-order valence-electron chi connectivity index (χ4n) is 6.53. The molecule has 222 valence electrons. The second-order valence-corrected chi connectivity index (χ2v) is 11.6. The van der Waals surface area contributed by atoms with E-state index in [4.69, 9.17) is 13.8 Å². The molecule has 0 aliphatic rings. The third kappa shape index (κ3) is 4.66. The van der Waals surface area contributed by atoms with Crippen LogP contribution in [0.1, 0.15) is 0 Å². The first-order chi connectivity index (χ1) is 23.3. The molecule has 0 N–H and O–H groups in total. The lowest BCUT2D eigenvalue weighted by Crippen LogP contribution is -2.10. The van der Waals surface area contributed by atoms with Gasteiger partial charge in [0.15, 0.2) is 5.58 Å². The van der Waals surface area contributed by atoms with Crippen molar-refractivity contribution in [2.24, 2.45) is 0 Å². The third-order valence-electron chi connectivity index (χ3n) is 8.72. The Morgan fingerprint density at radius 1 is 0.426 bits per heavy atom. The van der Waals surface area contributed by atoms with Crippen LogP contribution in [0, 0.1) is 0 Å². The summed E-state index contributed by atoms with van der Waals surface area (Å²) in [6.45, 7) is 0. The van der Waals surface area contributed by atoms with E-state index >= 15 is 0 Å². The summed E-state index contributed by atoms with van der Waals surface area (Å²) in [5.41, 5.74) is 11.7. The number of hydrogen-bond acceptors (Lipinski definition) is 4. The Kier molecular flexibility index (Phi) is 6.43. The normalized spacial score (nSPS) is 11.4. The van der Waals surface area contributed by atoms with Gasteiger partial charge in [0.1, 0.15) is 16.7 Å². The number of nitrogens with zero attached hydrogens (tertiary/aromatic N) is 2. The second-order valence-electron chi connectivity index (χ2n) is 11.6. The lowest BCUT2D eigenvalue weighted by Gasteiger charge is -2.26. The quantitative estimate of drug-likeness (QED) is 0.189. The molecule has 0 atom stereocenters. The SMILES string of the molecule is c1ccc(-c2nc3c(-c4ccccc4)ccc(-c4ccc(N(c5ccccc5)c5cccc6oc7ccccc7c56)cc4)c3o2)cc1. The molecule has 9 aromatic rings. The number of hydrogen-bond donors (Lipinski definition) is 0. The first-order valence-electron chi connectivity index (χ1n) is 15.7. The number of oxazole rings is 1. The maximum Gasteiger partial charge on any atom is 0.227 e. The van der Waals surface area contributed by atoms with Gasteiger partial charge in [0.05, 0.1) is 11.1 Å². The van der Waals surface area contributed by atoms with Crippen LogP contribution in [-0.4, -0.2) is 4.98 Å². The number of fused-ring (bicyclic) bond motifs is 4. The third-order valence-corrected chi connectivity index (χ3v) is 8.72. The van der Waals surface area contributed by atoms with Gasteiger partial charge in [-0.05, 0) is 71.8 Å². The van der Waals surface area contributed by atoms with E-state index in [1.165, 1.54) is 0 Å².